The third-order valence-corrected chi connectivity index (χ3v) is 4.23. The molecule has 1 fully saturated rings. The van der Waals surface area contributed by atoms with Crippen LogP contribution in [-0.4, -0.2) is 31.6 Å². The molecule has 1 aromatic carbocycles. The number of hydrogen-bond donors (Lipinski definition) is 1. The van der Waals surface area contributed by atoms with Crippen LogP contribution in [0.3, 0.4) is 0 Å². The van der Waals surface area contributed by atoms with Gasteiger partial charge in [0.25, 0.3) is 0 Å². The predicted molar refractivity (Wildman–Crippen MR) is 82.6 cm³/mol. The number of halogens is 1. The Hall–Kier alpha value is -2.44. The molecule has 0 heterocycles. The van der Waals surface area contributed by atoms with E-state index in [2.05, 4.69) is 10.1 Å². The molecule has 24 heavy (non-hydrogen) atoms. The molecular weight excluding hydrogens is 317 g/mol. The van der Waals surface area contributed by atoms with E-state index in [0.717, 1.165) is 0 Å². The Kier molecular flexibility index (Phi) is 5.54. The van der Waals surface area contributed by atoms with Gasteiger partial charge in [0.2, 0.25) is 0 Å². The highest BCUT2D eigenvalue weighted by Gasteiger charge is 2.56. The van der Waals surface area contributed by atoms with Crippen LogP contribution in [0.5, 0.6) is 0 Å². The minimum atomic E-state index is -1.57. The molecule has 130 valence electrons. The fourth-order valence-electron chi connectivity index (χ4n) is 3.14. The first-order valence-corrected chi connectivity index (χ1v) is 7.76. The minimum Gasteiger partial charge on any atom is -0.465 e. The molecule has 0 spiro atoms. The van der Waals surface area contributed by atoms with Crippen LogP contribution in [0.4, 0.5) is 9.18 Å². The lowest BCUT2D eigenvalue weighted by Crippen LogP contribution is -2.49. The topological polar surface area (TPSA) is 81.7 Å². The summed E-state index contributed by atoms with van der Waals surface area (Å²) in [4.78, 5) is 37.0. The van der Waals surface area contributed by atoms with Crippen molar-refractivity contribution < 1.29 is 28.2 Å². The Morgan fingerprint density at radius 2 is 2.17 bits per heavy atom. The summed E-state index contributed by atoms with van der Waals surface area (Å²) in [7, 11) is 1.17. The summed E-state index contributed by atoms with van der Waals surface area (Å²) in [6.45, 7) is 1.73. The summed E-state index contributed by atoms with van der Waals surface area (Å²) in [5, 5.41) is 2.51. The van der Waals surface area contributed by atoms with Gasteiger partial charge in [-0.05, 0) is 37.5 Å². The summed E-state index contributed by atoms with van der Waals surface area (Å²) in [6.07, 6.45) is 0.1000. The summed E-state index contributed by atoms with van der Waals surface area (Å²) in [5.74, 6) is -1.57. The number of carbonyl (C=O) groups excluding carboxylic acids is 3. The molecule has 1 unspecified atom stereocenters. The number of carbonyl (C=O) groups is 3. The van der Waals surface area contributed by atoms with Crippen molar-refractivity contribution in [1.29, 1.82) is 0 Å². The van der Waals surface area contributed by atoms with E-state index in [0.29, 0.717) is 12.0 Å². The maximum Gasteiger partial charge on any atom is 0.407 e. The predicted octanol–water partition coefficient (Wildman–Crippen LogP) is 2.53. The molecule has 7 heteroatoms. The van der Waals surface area contributed by atoms with Crippen LogP contribution in [0.2, 0.25) is 0 Å². The number of nitrogens with one attached hydrogen (secondary N) is 1. The second-order valence-corrected chi connectivity index (χ2v) is 5.59. The monoisotopic (exact) mass is 337 g/mol. The Balaban J connectivity index is 2.54. The number of alkyl carbamates (subject to hydrolysis) is 1. The lowest BCUT2D eigenvalue weighted by molar-refractivity contribution is -0.161. The number of methoxy groups -OCH3 is 1. The van der Waals surface area contributed by atoms with Gasteiger partial charge < -0.3 is 14.8 Å². The Labute approximate surface area is 139 Å². The third-order valence-electron chi connectivity index (χ3n) is 4.23. The lowest BCUT2D eigenvalue weighted by Gasteiger charge is -2.34. The molecule has 2 atom stereocenters. The van der Waals surface area contributed by atoms with Crippen molar-refractivity contribution in [2.45, 2.75) is 32.2 Å². The Bertz CT molecular complexity index is 648. The summed E-state index contributed by atoms with van der Waals surface area (Å²) in [5.41, 5.74) is -1.26. The molecule has 1 saturated carbocycles. The fourth-order valence-corrected chi connectivity index (χ4v) is 3.14. The van der Waals surface area contributed by atoms with Crippen LogP contribution in [-0.2, 0) is 19.1 Å². The molecule has 0 aliphatic heterocycles. The van der Waals surface area contributed by atoms with Gasteiger partial charge >= 0.3 is 12.1 Å². The molecule has 1 amide bonds. The summed E-state index contributed by atoms with van der Waals surface area (Å²) >= 11 is 0. The van der Waals surface area contributed by atoms with Crippen molar-refractivity contribution in [2.75, 3.05) is 13.7 Å². The number of amides is 1. The van der Waals surface area contributed by atoms with Gasteiger partial charge in [-0.25, -0.2) is 9.18 Å². The first kappa shape index (κ1) is 17.9. The molecule has 2 rings (SSSR count). The van der Waals surface area contributed by atoms with Crippen LogP contribution in [0, 0.1) is 11.2 Å². The van der Waals surface area contributed by atoms with E-state index in [-0.39, 0.29) is 25.2 Å². The molecule has 0 bridgehead atoms. The summed E-state index contributed by atoms with van der Waals surface area (Å²) in [6, 6.07) is 4.37. The van der Waals surface area contributed by atoms with Gasteiger partial charge in [0.15, 0.2) is 11.2 Å². The highest BCUT2D eigenvalue weighted by molar-refractivity contribution is 6.06. The smallest absolute Gasteiger partial charge is 0.407 e. The number of hydrogen-bond acceptors (Lipinski definition) is 5. The lowest BCUT2D eigenvalue weighted by atomic mass is 9.74. The number of Topliss-reactive ketones (excluding diaryl/α,β-unsaturated/α-hetero) is 1. The maximum absolute atomic E-state index is 13.7. The van der Waals surface area contributed by atoms with Crippen molar-refractivity contribution >= 4 is 17.8 Å². The first-order valence-electron chi connectivity index (χ1n) is 7.76. The standard InChI is InChI=1S/C17H20FNO5/c1-3-24-15(21)17(9-5-8-13(17)20)14(19-16(22)23-2)11-6-4-7-12(18)10-11/h4,6-7,10,14H,3,5,8-9H2,1-2H3,(H,19,22)/t14?,17-/m1/s1. The molecule has 6 nitrogen and oxygen atoms in total. The zero-order chi connectivity index (χ0) is 17.7. The van der Waals surface area contributed by atoms with Crippen molar-refractivity contribution in [3.05, 3.63) is 35.6 Å². The second kappa shape index (κ2) is 7.42. The minimum absolute atomic E-state index is 0.0992. The average Bonchev–Trinajstić information content (AvgIpc) is 2.95. The van der Waals surface area contributed by atoms with Crippen LogP contribution >= 0.6 is 0 Å². The van der Waals surface area contributed by atoms with Crippen molar-refractivity contribution in [3.8, 4) is 0 Å². The molecule has 1 aliphatic carbocycles. The number of ketones is 1. The van der Waals surface area contributed by atoms with Gasteiger partial charge in [-0.3, -0.25) is 9.59 Å². The maximum atomic E-state index is 13.7. The molecule has 0 saturated heterocycles. The third kappa shape index (κ3) is 3.25. The average molecular weight is 337 g/mol. The van der Waals surface area contributed by atoms with E-state index in [1.54, 1.807) is 13.0 Å². The van der Waals surface area contributed by atoms with Gasteiger partial charge in [0, 0.05) is 6.42 Å². The van der Waals surface area contributed by atoms with Gasteiger partial charge in [0.05, 0.1) is 19.8 Å². The largest absolute Gasteiger partial charge is 0.465 e. The molecule has 0 radical (unpaired) electrons. The number of benzene rings is 1. The van der Waals surface area contributed by atoms with E-state index >= 15 is 0 Å². The Morgan fingerprint density at radius 3 is 2.71 bits per heavy atom. The van der Waals surface area contributed by atoms with Gasteiger partial charge in [-0.2, -0.15) is 0 Å². The van der Waals surface area contributed by atoms with Crippen LogP contribution in [0.15, 0.2) is 24.3 Å². The van der Waals surface area contributed by atoms with Gasteiger partial charge in [-0.1, -0.05) is 12.1 Å². The molecule has 1 aromatic rings. The highest BCUT2D eigenvalue weighted by Crippen LogP contribution is 2.46. The number of esters is 1. The fraction of sp³-hybridized carbons (Fsp3) is 0.471. The van der Waals surface area contributed by atoms with Gasteiger partial charge in [0.1, 0.15) is 5.82 Å². The van der Waals surface area contributed by atoms with Crippen LogP contribution in [0.25, 0.3) is 0 Å². The zero-order valence-corrected chi connectivity index (χ0v) is 13.6. The molecule has 0 aromatic heterocycles. The van der Waals surface area contributed by atoms with E-state index in [4.69, 9.17) is 4.74 Å². The quantitative estimate of drug-likeness (QED) is 0.659. The molecule has 1 aliphatic rings. The van der Waals surface area contributed by atoms with Crippen LogP contribution in [0.1, 0.15) is 37.8 Å². The molecule has 1 N–H and O–H groups in total. The SMILES string of the molecule is CCOC(=O)[C@]1(C(NC(=O)OC)c2cccc(F)c2)CCCC1=O. The van der Waals surface area contributed by atoms with E-state index in [9.17, 15) is 18.8 Å². The molecular formula is C17H20FNO5. The normalized spacial score (nSPS) is 21.2. The highest BCUT2D eigenvalue weighted by atomic mass is 19.1. The first-order chi connectivity index (χ1) is 11.5. The van der Waals surface area contributed by atoms with Gasteiger partial charge in [-0.15, -0.1) is 0 Å². The van der Waals surface area contributed by atoms with Crippen molar-refractivity contribution in [2.24, 2.45) is 5.41 Å². The van der Waals surface area contributed by atoms with E-state index < -0.39 is 29.3 Å². The van der Waals surface area contributed by atoms with Crippen molar-refractivity contribution in [1.82, 2.24) is 5.32 Å². The summed E-state index contributed by atoms with van der Waals surface area (Å²) < 4.78 is 23.4. The second-order valence-electron chi connectivity index (χ2n) is 5.59. The van der Waals surface area contributed by atoms with Crippen LogP contribution < -0.4 is 5.32 Å². The van der Waals surface area contributed by atoms with E-state index in [1.807, 2.05) is 0 Å². The zero-order valence-electron chi connectivity index (χ0n) is 13.6. The van der Waals surface area contributed by atoms with Crippen molar-refractivity contribution in [3.63, 3.8) is 0 Å². The Morgan fingerprint density at radius 1 is 1.42 bits per heavy atom. The number of rotatable bonds is 5. The number of ether oxygens (including phenoxy) is 2. The van der Waals surface area contributed by atoms with E-state index in [1.165, 1.54) is 25.3 Å².